The summed E-state index contributed by atoms with van der Waals surface area (Å²) in [4.78, 5) is 6.20. The van der Waals surface area contributed by atoms with E-state index in [2.05, 4.69) is 5.48 Å². The number of benzene rings is 1. The highest BCUT2D eigenvalue weighted by Gasteiger charge is 2.18. The monoisotopic (exact) mass is 249 g/mol. The van der Waals surface area contributed by atoms with E-state index in [1.165, 1.54) is 0 Å². The lowest BCUT2D eigenvalue weighted by molar-refractivity contribution is 0.0882. The lowest BCUT2D eigenvalue weighted by Gasteiger charge is -2.10. The summed E-state index contributed by atoms with van der Waals surface area (Å²) in [5.41, 5.74) is 4.79. The largest absolute Gasteiger partial charge is 0.301 e. The molecule has 1 fully saturated rings. The Morgan fingerprint density at radius 1 is 1.35 bits per heavy atom. The first-order valence-corrected chi connectivity index (χ1v) is 6.42. The molecule has 0 saturated carbocycles. The molecule has 4 heteroatoms. The molecule has 0 amide bonds. The molecule has 0 radical (unpaired) electrons. The fraction of sp³-hybridized carbons (Fsp3) is 0.231. The molecule has 1 saturated heterocycles. The van der Waals surface area contributed by atoms with Crippen molar-refractivity contribution < 1.29 is 9.23 Å². The molecule has 0 bridgehead atoms. The van der Waals surface area contributed by atoms with Crippen molar-refractivity contribution in [2.75, 3.05) is 6.61 Å². The normalized spacial score (nSPS) is 19.7. The highest BCUT2D eigenvalue weighted by molar-refractivity contribution is 7.13. The molecule has 1 aliphatic heterocycles. The molecule has 1 atom stereocenters. The fourth-order valence-corrected chi connectivity index (χ4v) is 2.74. The zero-order valence-corrected chi connectivity index (χ0v) is 9.97. The zero-order chi connectivity index (χ0) is 11.7. The molecule has 1 aromatic heterocycles. The third kappa shape index (κ3) is 2.24. The Hall–Kier alpha value is -1.23. The van der Waals surface area contributed by atoms with Gasteiger partial charge in [-0.15, -0.1) is 11.3 Å². The summed E-state index contributed by atoms with van der Waals surface area (Å²) < 4.78 is 13.6. The second-order valence-electron chi connectivity index (χ2n) is 4.06. The van der Waals surface area contributed by atoms with Gasteiger partial charge in [0.15, 0.2) is 0 Å². The number of thiophene rings is 1. The highest BCUT2D eigenvalue weighted by Crippen LogP contribution is 2.30. The standard InChI is InChI=1S/C13H12FNOS/c14-11-7-9(12-3-4-16-15-12)6-10(8-11)13-2-1-5-17-13/h1-2,5-8,12,15H,3-4H2/t12-/m1/s1. The maximum atomic E-state index is 13.6. The Balaban J connectivity index is 2.00. The molecule has 0 aliphatic carbocycles. The molecule has 1 aromatic carbocycles. The molecule has 1 aliphatic rings. The topological polar surface area (TPSA) is 21.3 Å². The van der Waals surface area contributed by atoms with E-state index in [4.69, 9.17) is 4.84 Å². The van der Waals surface area contributed by atoms with E-state index in [0.29, 0.717) is 6.61 Å². The number of rotatable bonds is 2. The Morgan fingerprint density at radius 3 is 3.00 bits per heavy atom. The van der Waals surface area contributed by atoms with Crippen molar-refractivity contribution in [3.05, 3.63) is 47.1 Å². The van der Waals surface area contributed by atoms with E-state index in [0.717, 1.165) is 22.4 Å². The van der Waals surface area contributed by atoms with Crippen molar-refractivity contribution in [3.63, 3.8) is 0 Å². The lowest BCUT2D eigenvalue weighted by atomic mass is 10.0. The van der Waals surface area contributed by atoms with Crippen molar-refractivity contribution >= 4 is 11.3 Å². The summed E-state index contributed by atoms with van der Waals surface area (Å²) in [6, 6.07) is 9.25. The van der Waals surface area contributed by atoms with Crippen LogP contribution in [0.15, 0.2) is 35.7 Å². The van der Waals surface area contributed by atoms with Crippen LogP contribution in [0.25, 0.3) is 10.4 Å². The summed E-state index contributed by atoms with van der Waals surface area (Å²) in [6.45, 7) is 0.676. The molecule has 0 unspecified atom stereocenters. The van der Waals surface area contributed by atoms with Crippen LogP contribution in [0.1, 0.15) is 18.0 Å². The molecule has 17 heavy (non-hydrogen) atoms. The minimum atomic E-state index is -0.195. The fourth-order valence-electron chi connectivity index (χ4n) is 2.03. The second kappa shape index (κ2) is 4.56. The molecular weight excluding hydrogens is 237 g/mol. The SMILES string of the molecule is Fc1cc(-c2cccs2)cc([C@H]2CCON2)c1. The summed E-state index contributed by atoms with van der Waals surface area (Å²) in [6.07, 6.45) is 0.882. The second-order valence-corrected chi connectivity index (χ2v) is 5.01. The van der Waals surface area contributed by atoms with Crippen LogP contribution >= 0.6 is 11.3 Å². The van der Waals surface area contributed by atoms with Crippen LogP contribution < -0.4 is 5.48 Å². The maximum absolute atomic E-state index is 13.6. The van der Waals surface area contributed by atoms with E-state index < -0.39 is 0 Å². The van der Waals surface area contributed by atoms with Gasteiger partial charge in [0.2, 0.25) is 0 Å². The van der Waals surface area contributed by atoms with Crippen LogP contribution in [-0.2, 0) is 4.84 Å². The molecular formula is C13H12FNOS. The van der Waals surface area contributed by atoms with Crippen LogP contribution in [-0.4, -0.2) is 6.61 Å². The summed E-state index contributed by atoms with van der Waals surface area (Å²) >= 11 is 1.62. The van der Waals surface area contributed by atoms with Gasteiger partial charge in [-0.3, -0.25) is 0 Å². The average molecular weight is 249 g/mol. The number of halogens is 1. The first-order chi connectivity index (χ1) is 8.33. The number of nitrogens with one attached hydrogen (secondary N) is 1. The van der Waals surface area contributed by atoms with E-state index in [1.807, 2.05) is 23.6 Å². The first kappa shape index (κ1) is 10.9. The van der Waals surface area contributed by atoms with Crippen LogP contribution in [0.2, 0.25) is 0 Å². The van der Waals surface area contributed by atoms with Gasteiger partial charge in [0.05, 0.1) is 12.6 Å². The summed E-state index contributed by atoms with van der Waals surface area (Å²) in [5, 5.41) is 2.00. The molecule has 88 valence electrons. The molecule has 1 N–H and O–H groups in total. The van der Waals surface area contributed by atoms with Gasteiger partial charge in [-0.1, -0.05) is 6.07 Å². The predicted molar refractivity (Wildman–Crippen MR) is 66.2 cm³/mol. The van der Waals surface area contributed by atoms with Gasteiger partial charge in [-0.2, -0.15) is 5.48 Å². The maximum Gasteiger partial charge on any atom is 0.124 e. The molecule has 0 spiro atoms. The van der Waals surface area contributed by atoms with Gasteiger partial charge in [0.1, 0.15) is 5.82 Å². The van der Waals surface area contributed by atoms with E-state index in [9.17, 15) is 4.39 Å². The van der Waals surface area contributed by atoms with Crippen molar-refractivity contribution in [3.8, 4) is 10.4 Å². The lowest BCUT2D eigenvalue weighted by Crippen LogP contribution is -2.11. The van der Waals surface area contributed by atoms with Gasteiger partial charge >= 0.3 is 0 Å². The van der Waals surface area contributed by atoms with E-state index in [1.54, 1.807) is 23.5 Å². The molecule has 2 heterocycles. The van der Waals surface area contributed by atoms with Gasteiger partial charge in [0, 0.05) is 4.88 Å². The zero-order valence-electron chi connectivity index (χ0n) is 9.15. The summed E-state index contributed by atoms with van der Waals surface area (Å²) in [5.74, 6) is -0.195. The van der Waals surface area contributed by atoms with Gasteiger partial charge in [-0.25, -0.2) is 4.39 Å². The predicted octanol–water partition coefficient (Wildman–Crippen LogP) is 3.52. The highest BCUT2D eigenvalue weighted by atomic mass is 32.1. The van der Waals surface area contributed by atoms with Crippen molar-refractivity contribution in [1.82, 2.24) is 5.48 Å². The van der Waals surface area contributed by atoms with E-state index >= 15 is 0 Å². The van der Waals surface area contributed by atoms with Crippen LogP contribution in [0, 0.1) is 5.82 Å². The molecule has 3 rings (SSSR count). The Bertz CT molecular complexity index is 506. The quantitative estimate of drug-likeness (QED) is 0.879. The van der Waals surface area contributed by atoms with Crippen molar-refractivity contribution in [2.24, 2.45) is 0 Å². The Morgan fingerprint density at radius 2 is 2.29 bits per heavy atom. The van der Waals surface area contributed by atoms with Gasteiger partial charge < -0.3 is 4.84 Å². The number of hydroxylamine groups is 1. The summed E-state index contributed by atoms with van der Waals surface area (Å²) in [7, 11) is 0. The number of hydrogen-bond donors (Lipinski definition) is 1. The number of hydrogen-bond acceptors (Lipinski definition) is 3. The Kier molecular flexibility index (Phi) is 2.93. The van der Waals surface area contributed by atoms with E-state index in [-0.39, 0.29) is 11.9 Å². The minimum absolute atomic E-state index is 0.101. The van der Waals surface area contributed by atoms with Crippen molar-refractivity contribution in [2.45, 2.75) is 12.5 Å². The molecule has 2 nitrogen and oxygen atoms in total. The van der Waals surface area contributed by atoms with Crippen LogP contribution in [0.3, 0.4) is 0 Å². The average Bonchev–Trinajstić information content (AvgIpc) is 3.02. The third-order valence-electron chi connectivity index (χ3n) is 2.86. The third-order valence-corrected chi connectivity index (χ3v) is 3.78. The van der Waals surface area contributed by atoms with Crippen molar-refractivity contribution in [1.29, 1.82) is 0 Å². The molecule has 2 aromatic rings. The van der Waals surface area contributed by atoms with Crippen LogP contribution in [0.4, 0.5) is 4.39 Å². The first-order valence-electron chi connectivity index (χ1n) is 5.54. The smallest absolute Gasteiger partial charge is 0.124 e. The van der Waals surface area contributed by atoms with Gasteiger partial charge in [-0.05, 0) is 47.2 Å². The Labute approximate surface area is 103 Å². The van der Waals surface area contributed by atoms with Gasteiger partial charge in [0.25, 0.3) is 0 Å². The van der Waals surface area contributed by atoms with Crippen LogP contribution in [0.5, 0.6) is 0 Å². The minimum Gasteiger partial charge on any atom is -0.301 e.